The van der Waals surface area contributed by atoms with Gasteiger partial charge in [0.2, 0.25) is 0 Å². The Morgan fingerprint density at radius 2 is 2.14 bits per heavy atom. The Hall–Kier alpha value is -0.580. The summed E-state index contributed by atoms with van der Waals surface area (Å²) in [5, 5.41) is 3.55. The van der Waals surface area contributed by atoms with E-state index >= 15 is 0 Å². The van der Waals surface area contributed by atoms with Crippen molar-refractivity contribution in [2.45, 2.75) is 39.3 Å². The van der Waals surface area contributed by atoms with Gasteiger partial charge in [-0.3, -0.25) is 0 Å². The van der Waals surface area contributed by atoms with Crippen LogP contribution >= 0.6 is 15.9 Å². The highest BCUT2D eigenvalue weighted by Gasteiger charge is 2.22. The van der Waals surface area contributed by atoms with Crippen LogP contribution in [0.1, 0.15) is 38.8 Å². The molecule has 0 bridgehead atoms. The second-order valence-electron chi connectivity index (χ2n) is 6.16. The number of hydrogen-bond donors (Lipinski definition) is 1. The summed E-state index contributed by atoms with van der Waals surface area (Å²) in [5.41, 5.74) is 2.67. The van der Waals surface area contributed by atoms with E-state index in [0.717, 1.165) is 26.2 Å². The molecule has 0 spiro atoms. The highest BCUT2D eigenvalue weighted by atomic mass is 79.9. The number of halogens is 1. The minimum atomic E-state index is 0.404. The lowest BCUT2D eigenvalue weighted by Gasteiger charge is -2.39. The molecule has 1 aromatic carbocycles. The van der Waals surface area contributed by atoms with E-state index in [0.29, 0.717) is 12.1 Å². The van der Waals surface area contributed by atoms with Gasteiger partial charge in [0.05, 0.1) is 5.69 Å². The lowest BCUT2D eigenvalue weighted by atomic mass is 10.1. The van der Waals surface area contributed by atoms with Gasteiger partial charge in [-0.05, 0) is 67.5 Å². The molecule has 1 heterocycles. The molecule has 1 N–H and O–H groups in total. The topological polar surface area (TPSA) is 18.5 Å². The van der Waals surface area contributed by atoms with Crippen LogP contribution in [0, 0.1) is 0 Å². The van der Waals surface area contributed by atoms with Crippen LogP contribution in [-0.4, -0.2) is 44.2 Å². The Balaban J connectivity index is 2.08. The Bertz CT molecular complexity index is 463. The SMILES string of the molecule is CCCNC(C)c1ccc(N2CCN(C)C(C)C2)c(Br)c1. The van der Waals surface area contributed by atoms with Crippen LogP contribution < -0.4 is 10.2 Å². The number of benzene rings is 1. The molecule has 0 aliphatic carbocycles. The summed E-state index contributed by atoms with van der Waals surface area (Å²) in [6.07, 6.45) is 1.17. The fourth-order valence-corrected chi connectivity index (χ4v) is 3.44. The first-order chi connectivity index (χ1) is 10.0. The third-order valence-corrected chi connectivity index (χ3v) is 5.11. The highest BCUT2D eigenvalue weighted by molar-refractivity contribution is 9.10. The van der Waals surface area contributed by atoms with Crippen LogP contribution in [0.3, 0.4) is 0 Å². The van der Waals surface area contributed by atoms with E-state index in [-0.39, 0.29) is 0 Å². The van der Waals surface area contributed by atoms with Crippen LogP contribution in [0.15, 0.2) is 22.7 Å². The van der Waals surface area contributed by atoms with Gasteiger partial charge in [0.15, 0.2) is 0 Å². The third kappa shape index (κ3) is 4.21. The van der Waals surface area contributed by atoms with Crippen molar-refractivity contribution in [1.29, 1.82) is 0 Å². The highest BCUT2D eigenvalue weighted by Crippen LogP contribution is 2.30. The number of nitrogens with one attached hydrogen (secondary N) is 1. The van der Waals surface area contributed by atoms with Crippen molar-refractivity contribution < 1.29 is 0 Å². The average molecular weight is 354 g/mol. The molecular formula is C17H28BrN3. The normalized spacial score (nSPS) is 21.6. The first-order valence-electron chi connectivity index (χ1n) is 8.01. The molecular weight excluding hydrogens is 326 g/mol. The lowest BCUT2D eigenvalue weighted by molar-refractivity contribution is 0.234. The molecule has 2 atom stereocenters. The quantitative estimate of drug-likeness (QED) is 0.871. The molecule has 1 aromatic rings. The van der Waals surface area contributed by atoms with Gasteiger partial charge in [0.25, 0.3) is 0 Å². The van der Waals surface area contributed by atoms with Gasteiger partial charge in [-0.2, -0.15) is 0 Å². The van der Waals surface area contributed by atoms with E-state index in [1.807, 2.05) is 0 Å². The molecule has 118 valence electrons. The van der Waals surface area contributed by atoms with Crippen molar-refractivity contribution in [3.05, 3.63) is 28.2 Å². The van der Waals surface area contributed by atoms with Gasteiger partial charge in [-0.25, -0.2) is 0 Å². The number of anilines is 1. The Morgan fingerprint density at radius 1 is 1.38 bits per heavy atom. The zero-order valence-corrected chi connectivity index (χ0v) is 15.3. The van der Waals surface area contributed by atoms with Gasteiger partial charge in [-0.15, -0.1) is 0 Å². The Labute approximate surface area is 137 Å². The van der Waals surface area contributed by atoms with Gasteiger partial charge in [0, 0.05) is 36.2 Å². The molecule has 1 saturated heterocycles. The molecule has 0 radical (unpaired) electrons. The monoisotopic (exact) mass is 353 g/mol. The number of hydrogen-bond acceptors (Lipinski definition) is 3. The summed E-state index contributed by atoms with van der Waals surface area (Å²) in [6.45, 7) is 11.1. The summed E-state index contributed by atoms with van der Waals surface area (Å²) in [4.78, 5) is 4.91. The van der Waals surface area contributed by atoms with Crippen molar-refractivity contribution >= 4 is 21.6 Å². The van der Waals surface area contributed by atoms with E-state index < -0.39 is 0 Å². The van der Waals surface area contributed by atoms with E-state index in [9.17, 15) is 0 Å². The summed E-state index contributed by atoms with van der Waals surface area (Å²) >= 11 is 3.77. The second kappa shape index (κ2) is 7.61. The minimum absolute atomic E-state index is 0.404. The van der Waals surface area contributed by atoms with Crippen molar-refractivity contribution in [1.82, 2.24) is 10.2 Å². The van der Waals surface area contributed by atoms with Crippen LogP contribution in [0.5, 0.6) is 0 Å². The molecule has 4 heteroatoms. The van der Waals surface area contributed by atoms with Crippen LogP contribution in [-0.2, 0) is 0 Å². The molecule has 2 unspecified atom stereocenters. The van der Waals surface area contributed by atoms with Crippen LogP contribution in [0.25, 0.3) is 0 Å². The molecule has 0 amide bonds. The summed E-state index contributed by atoms with van der Waals surface area (Å²) in [7, 11) is 2.21. The van der Waals surface area contributed by atoms with Crippen LogP contribution in [0.2, 0.25) is 0 Å². The van der Waals surface area contributed by atoms with E-state index in [4.69, 9.17) is 0 Å². The predicted octanol–water partition coefficient (Wildman–Crippen LogP) is 3.65. The lowest BCUT2D eigenvalue weighted by Crippen LogP contribution is -2.50. The van der Waals surface area contributed by atoms with Gasteiger partial charge in [0.1, 0.15) is 0 Å². The second-order valence-corrected chi connectivity index (χ2v) is 7.02. The molecule has 3 nitrogen and oxygen atoms in total. The number of rotatable bonds is 5. The maximum atomic E-state index is 3.77. The van der Waals surface area contributed by atoms with Crippen molar-refractivity contribution in [3.8, 4) is 0 Å². The third-order valence-electron chi connectivity index (χ3n) is 4.47. The molecule has 0 aromatic heterocycles. The van der Waals surface area contributed by atoms with Crippen LogP contribution in [0.4, 0.5) is 5.69 Å². The molecule has 2 rings (SSSR count). The summed E-state index contributed by atoms with van der Waals surface area (Å²) in [5.74, 6) is 0. The molecule has 21 heavy (non-hydrogen) atoms. The first-order valence-corrected chi connectivity index (χ1v) is 8.80. The molecule has 1 aliphatic rings. The summed E-state index contributed by atoms with van der Waals surface area (Å²) in [6, 6.07) is 7.81. The number of nitrogens with zero attached hydrogens (tertiary/aromatic N) is 2. The summed E-state index contributed by atoms with van der Waals surface area (Å²) < 4.78 is 1.21. The molecule has 1 fully saturated rings. The first kappa shape index (κ1) is 16.8. The zero-order valence-electron chi connectivity index (χ0n) is 13.7. The molecule has 0 saturated carbocycles. The van der Waals surface area contributed by atoms with Crippen molar-refractivity contribution in [2.24, 2.45) is 0 Å². The van der Waals surface area contributed by atoms with Crippen molar-refractivity contribution in [2.75, 3.05) is 38.1 Å². The average Bonchev–Trinajstić information content (AvgIpc) is 2.47. The zero-order chi connectivity index (χ0) is 15.4. The maximum absolute atomic E-state index is 3.77. The fraction of sp³-hybridized carbons (Fsp3) is 0.647. The minimum Gasteiger partial charge on any atom is -0.368 e. The maximum Gasteiger partial charge on any atom is 0.0511 e. The molecule has 1 aliphatic heterocycles. The Morgan fingerprint density at radius 3 is 2.76 bits per heavy atom. The van der Waals surface area contributed by atoms with E-state index in [1.54, 1.807) is 0 Å². The largest absolute Gasteiger partial charge is 0.368 e. The Kier molecular flexibility index (Phi) is 6.08. The fourth-order valence-electron chi connectivity index (χ4n) is 2.79. The standard InChI is InChI=1S/C17H28BrN3/c1-5-8-19-14(3)15-6-7-17(16(18)11-15)21-10-9-20(4)13(2)12-21/h6-7,11,13-14,19H,5,8-10,12H2,1-4H3. The smallest absolute Gasteiger partial charge is 0.0511 e. The van der Waals surface area contributed by atoms with Gasteiger partial charge in [-0.1, -0.05) is 13.0 Å². The van der Waals surface area contributed by atoms with E-state index in [1.165, 1.54) is 22.1 Å². The predicted molar refractivity (Wildman–Crippen MR) is 95.2 cm³/mol. The van der Waals surface area contributed by atoms with Gasteiger partial charge >= 0.3 is 0 Å². The van der Waals surface area contributed by atoms with Crippen molar-refractivity contribution in [3.63, 3.8) is 0 Å². The number of piperazine rings is 1. The van der Waals surface area contributed by atoms with Gasteiger partial charge < -0.3 is 15.1 Å². The number of likely N-dealkylation sites (N-methyl/N-ethyl adjacent to an activating group) is 1. The van der Waals surface area contributed by atoms with E-state index in [2.05, 4.69) is 77.1 Å².